The molecule has 0 aromatic carbocycles. The third-order valence-electron chi connectivity index (χ3n) is 2.25. The first-order chi connectivity index (χ1) is 6.04. The summed E-state index contributed by atoms with van der Waals surface area (Å²) in [6.07, 6.45) is 4.39. The van der Waals surface area contributed by atoms with Crippen LogP contribution in [-0.2, 0) is 4.79 Å². The summed E-state index contributed by atoms with van der Waals surface area (Å²) in [5.74, 6) is 0.618. The molecule has 0 rings (SSSR count). The van der Waals surface area contributed by atoms with Crippen LogP contribution in [0.25, 0.3) is 0 Å². The molecule has 0 N–H and O–H groups in total. The Morgan fingerprint density at radius 1 is 1.38 bits per heavy atom. The van der Waals surface area contributed by atoms with Gasteiger partial charge in [0.2, 0.25) is 0 Å². The van der Waals surface area contributed by atoms with Crippen molar-refractivity contribution in [2.45, 2.75) is 41.0 Å². The Morgan fingerprint density at radius 2 is 1.92 bits per heavy atom. The highest BCUT2D eigenvalue weighted by Crippen LogP contribution is 2.18. The van der Waals surface area contributed by atoms with Gasteiger partial charge in [-0.05, 0) is 37.8 Å². The molecular weight excluding hydrogens is 160 g/mol. The van der Waals surface area contributed by atoms with Gasteiger partial charge in [-0.3, -0.25) is 4.79 Å². The molecule has 0 aliphatic carbocycles. The minimum Gasteiger partial charge on any atom is -0.290 e. The number of carbonyl (C=O) groups excluding carboxylic acids is 1. The number of carbonyl (C=O) groups is 1. The molecule has 0 saturated carbocycles. The van der Waals surface area contributed by atoms with Crippen LogP contribution in [0.1, 0.15) is 41.0 Å². The number of rotatable bonds is 4. The highest BCUT2D eigenvalue weighted by molar-refractivity contribution is 6.03. The molecule has 0 unspecified atom stereocenters. The van der Waals surface area contributed by atoms with Crippen LogP contribution in [0.3, 0.4) is 0 Å². The fourth-order valence-corrected chi connectivity index (χ4v) is 1.54. The van der Waals surface area contributed by atoms with E-state index in [-0.39, 0.29) is 5.78 Å². The van der Waals surface area contributed by atoms with E-state index in [1.165, 1.54) is 5.57 Å². The maximum absolute atomic E-state index is 11.5. The molecule has 0 bridgehead atoms. The van der Waals surface area contributed by atoms with E-state index >= 15 is 0 Å². The van der Waals surface area contributed by atoms with E-state index in [1.54, 1.807) is 12.2 Å². The van der Waals surface area contributed by atoms with Gasteiger partial charge in [-0.15, -0.1) is 0 Å². The molecule has 1 heteroatoms. The van der Waals surface area contributed by atoms with Crippen molar-refractivity contribution in [3.05, 3.63) is 23.3 Å². The zero-order valence-electron chi connectivity index (χ0n) is 9.35. The predicted octanol–water partition coefficient (Wildman–Crippen LogP) is 3.51. The highest BCUT2D eigenvalue weighted by Gasteiger charge is 2.09. The Kier molecular flexibility index (Phi) is 5.36. The second-order valence-electron chi connectivity index (χ2n) is 3.52. The molecule has 74 valence electrons. The molecule has 0 spiro atoms. The predicted molar refractivity (Wildman–Crippen MR) is 57.7 cm³/mol. The second kappa shape index (κ2) is 5.74. The summed E-state index contributed by atoms with van der Waals surface area (Å²) in [6, 6.07) is 0. The minimum atomic E-state index is 0.146. The van der Waals surface area contributed by atoms with Crippen molar-refractivity contribution in [1.29, 1.82) is 0 Å². The van der Waals surface area contributed by atoms with E-state index in [0.29, 0.717) is 5.92 Å². The standard InChI is InChI=1S/C12H20O/c1-6-8-12(13)10(5)11(7-2)9(3)4/h6,8-9H,7H2,1-5H3. The Balaban J connectivity index is 4.85. The molecule has 0 saturated heterocycles. The first kappa shape index (κ1) is 12.2. The zero-order chi connectivity index (χ0) is 10.4. The molecule has 0 atom stereocenters. The first-order valence-corrected chi connectivity index (χ1v) is 4.91. The van der Waals surface area contributed by atoms with Crippen molar-refractivity contribution < 1.29 is 4.79 Å². The van der Waals surface area contributed by atoms with Gasteiger partial charge < -0.3 is 0 Å². The van der Waals surface area contributed by atoms with Crippen molar-refractivity contribution in [2.24, 2.45) is 5.92 Å². The van der Waals surface area contributed by atoms with Crippen molar-refractivity contribution in [3.63, 3.8) is 0 Å². The van der Waals surface area contributed by atoms with E-state index in [2.05, 4.69) is 20.8 Å². The molecule has 0 radical (unpaired) electrons. The van der Waals surface area contributed by atoms with Crippen LogP contribution in [-0.4, -0.2) is 5.78 Å². The fourth-order valence-electron chi connectivity index (χ4n) is 1.54. The molecular formula is C12H20O. The molecule has 0 amide bonds. The van der Waals surface area contributed by atoms with Crippen molar-refractivity contribution >= 4 is 5.78 Å². The van der Waals surface area contributed by atoms with Gasteiger partial charge >= 0.3 is 0 Å². The van der Waals surface area contributed by atoms with Crippen LogP contribution in [0.4, 0.5) is 0 Å². The lowest BCUT2D eigenvalue weighted by Gasteiger charge is -2.11. The molecule has 0 aliphatic heterocycles. The van der Waals surface area contributed by atoms with Crippen LogP contribution < -0.4 is 0 Å². The van der Waals surface area contributed by atoms with Crippen LogP contribution >= 0.6 is 0 Å². The number of ketones is 1. The average molecular weight is 180 g/mol. The summed E-state index contributed by atoms with van der Waals surface area (Å²) in [5.41, 5.74) is 2.18. The van der Waals surface area contributed by atoms with E-state index in [0.717, 1.165) is 12.0 Å². The monoisotopic (exact) mass is 180 g/mol. The SMILES string of the molecule is CC=CC(=O)C(C)=C(CC)C(C)C. The lowest BCUT2D eigenvalue weighted by Crippen LogP contribution is -2.03. The number of allylic oxidation sites excluding steroid dienone is 4. The zero-order valence-corrected chi connectivity index (χ0v) is 9.35. The Morgan fingerprint density at radius 3 is 2.23 bits per heavy atom. The van der Waals surface area contributed by atoms with E-state index in [1.807, 2.05) is 13.8 Å². The van der Waals surface area contributed by atoms with Crippen LogP contribution in [0.15, 0.2) is 23.3 Å². The second-order valence-corrected chi connectivity index (χ2v) is 3.52. The number of hydrogen-bond acceptors (Lipinski definition) is 1. The largest absolute Gasteiger partial charge is 0.290 e. The molecule has 13 heavy (non-hydrogen) atoms. The van der Waals surface area contributed by atoms with Gasteiger partial charge in [0.1, 0.15) is 0 Å². The summed E-state index contributed by atoms with van der Waals surface area (Å²) in [4.78, 5) is 11.5. The van der Waals surface area contributed by atoms with Gasteiger partial charge in [-0.2, -0.15) is 0 Å². The fraction of sp³-hybridized carbons (Fsp3) is 0.583. The lowest BCUT2D eigenvalue weighted by molar-refractivity contribution is -0.111. The summed E-state index contributed by atoms with van der Waals surface area (Å²) >= 11 is 0. The smallest absolute Gasteiger partial charge is 0.181 e. The maximum atomic E-state index is 11.5. The van der Waals surface area contributed by atoms with Gasteiger partial charge in [0.05, 0.1) is 0 Å². The minimum absolute atomic E-state index is 0.146. The molecule has 0 aliphatic rings. The van der Waals surface area contributed by atoms with Gasteiger partial charge in [0.15, 0.2) is 5.78 Å². The third kappa shape index (κ3) is 3.58. The molecule has 1 nitrogen and oxygen atoms in total. The van der Waals surface area contributed by atoms with E-state index in [9.17, 15) is 4.79 Å². The molecule has 0 aromatic rings. The van der Waals surface area contributed by atoms with Gasteiger partial charge in [-0.1, -0.05) is 32.4 Å². The van der Waals surface area contributed by atoms with E-state index in [4.69, 9.17) is 0 Å². The van der Waals surface area contributed by atoms with Gasteiger partial charge in [0.25, 0.3) is 0 Å². The Bertz CT molecular complexity index is 232. The summed E-state index contributed by atoms with van der Waals surface area (Å²) < 4.78 is 0. The Labute approximate surface area is 81.5 Å². The molecule has 0 aromatic heterocycles. The van der Waals surface area contributed by atoms with Gasteiger partial charge in [0, 0.05) is 0 Å². The summed E-state index contributed by atoms with van der Waals surface area (Å²) in [5, 5.41) is 0. The van der Waals surface area contributed by atoms with Gasteiger partial charge in [-0.25, -0.2) is 0 Å². The van der Waals surface area contributed by atoms with Crippen molar-refractivity contribution in [2.75, 3.05) is 0 Å². The third-order valence-corrected chi connectivity index (χ3v) is 2.25. The summed E-state index contributed by atoms with van der Waals surface area (Å²) in [6.45, 7) is 10.1. The quantitative estimate of drug-likeness (QED) is 0.605. The van der Waals surface area contributed by atoms with Crippen LogP contribution in [0.5, 0.6) is 0 Å². The van der Waals surface area contributed by atoms with Crippen molar-refractivity contribution in [3.8, 4) is 0 Å². The summed E-state index contributed by atoms with van der Waals surface area (Å²) in [7, 11) is 0. The van der Waals surface area contributed by atoms with Crippen LogP contribution in [0.2, 0.25) is 0 Å². The first-order valence-electron chi connectivity index (χ1n) is 4.91. The molecule has 0 fully saturated rings. The van der Waals surface area contributed by atoms with Crippen LogP contribution in [0, 0.1) is 5.92 Å². The Hall–Kier alpha value is -0.850. The number of hydrogen-bond donors (Lipinski definition) is 0. The maximum Gasteiger partial charge on any atom is 0.181 e. The average Bonchev–Trinajstić information content (AvgIpc) is 2.05. The molecule has 0 heterocycles. The lowest BCUT2D eigenvalue weighted by atomic mass is 9.93. The highest BCUT2D eigenvalue weighted by atomic mass is 16.1. The normalized spacial score (nSPS) is 13.7. The topological polar surface area (TPSA) is 17.1 Å². The van der Waals surface area contributed by atoms with Crippen molar-refractivity contribution in [1.82, 2.24) is 0 Å². The van der Waals surface area contributed by atoms with E-state index < -0.39 is 0 Å².